The van der Waals surface area contributed by atoms with Gasteiger partial charge in [0.2, 0.25) is 0 Å². The molecule has 2 heteroatoms. The highest BCUT2D eigenvalue weighted by molar-refractivity contribution is 6.18. The van der Waals surface area contributed by atoms with Crippen LogP contribution in [0.4, 0.5) is 0 Å². The predicted molar refractivity (Wildman–Crippen MR) is 56.6 cm³/mol. The Morgan fingerprint density at radius 1 is 1.31 bits per heavy atom. The fourth-order valence-corrected chi connectivity index (χ4v) is 1.78. The molecule has 0 spiro atoms. The van der Waals surface area contributed by atoms with Crippen molar-refractivity contribution in [3.05, 3.63) is 41.6 Å². The lowest BCUT2D eigenvalue weighted by molar-refractivity contribution is 0.389. The largest absolute Gasteiger partial charge is 0.372 e. The van der Waals surface area contributed by atoms with Gasteiger partial charge >= 0.3 is 0 Å². The monoisotopic (exact) mass is 193 g/mol. The van der Waals surface area contributed by atoms with E-state index in [9.17, 15) is 0 Å². The van der Waals surface area contributed by atoms with E-state index in [-0.39, 0.29) is 0 Å². The van der Waals surface area contributed by atoms with Crippen LogP contribution >= 0.6 is 11.6 Å². The molecule has 0 aromatic heterocycles. The second-order valence-corrected chi connectivity index (χ2v) is 3.55. The molecule has 0 unspecified atom stereocenters. The third-order valence-corrected chi connectivity index (χ3v) is 2.43. The molecule has 13 heavy (non-hydrogen) atoms. The molecule has 0 amide bonds. The number of benzene rings is 1. The average Bonchev–Trinajstić information content (AvgIpc) is 2.18. The Bertz CT molecular complexity index is 320. The van der Waals surface area contributed by atoms with Crippen LogP contribution < -0.4 is 0 Å². The molecule has 1 aromatic rings. The summed E-state index contributed by atoms with van der Waals surface area (Å²) in [5, 5.41) is 0. The Morgan fingerprint density at radius 2 is 2.15 bits per heavy atom. The lowest BCUT2D eigenvalue weighted by Gasteiger charge is -2.24. The van der Waals surface area contributed by atoms with Crippen LogP contribution in [-0.4, -0.2) is 17.3 Å². The Balaban J connectivity index is 2.19. The molecule has 1 heterocycles. The summed E-state index contributed by atoms with van der Waals surface area (Å²) in [5.41, 5.74) is 2.71. The zero-order valence-electron chi connectivity index (χ0n) is 7.41. The van der Waals surface area contributed by atoms with Gasteiger partial charge in [0.25, 0.3) is 0 Å². The van der Waals surface area contributed by atoms with E-state index in [0.29, 0.717) is 5.88 Å². The van der Waals surface area contributed by atoms with Gasteiger partial charge in [-0.05, 0) is 17.2 Å². The van der Waals surface area contributed by atoms with Gasteiger partial charge in [-0.25, -0.2) is 0 Å². The van der Waals surface area contributed by atoms with Crippen LogP contribution in [0.2, 0.25) is 0 Å². The highest BCUT2D eigenvalue weighted by Gasteiger charge is 2.08. The van der Waals surface area contributed by atoms with Crippen molar-refractivity contribution in [2.75, 3.05) is 12.4 Å². The van der Waals surface area contributed by atoms with E-state index >= 15 is 0 Å². The number of hydrogen-bond donors (Lipinski definition) is 0. The van der Waals surface area contributed by atoms with Gasteiger partial charge in [0.1, 0.15) is 0 Å². The summed E-state index contributed by atoms with van der Waals surface area (Å²) < 4.78 is 0. The molecule has 0 radical (unpaired) electrons. The molecule has 68 valence electrons. The lowest BCUT2D eigenvalue weighted by Crippen LogP contribution is -2.21. The zero-order chi connectivity index (χ0) is 9.10. The van der Waals surface area contributed by atoms with Crippen molar-refractivity contribution in [2.24, 2.45) is 0 Å². The van der Waals surface area contributed by atoms with Gasteiger partial charge in [0.05, 0.1) is 0 Å². The van der Waals surface area contributed by atoms with Crippen molar-refractivity contribution >= 4 is 17.7 Å². The first-order valence-corrected chi connectivity index (χ1v) is 5.00. The van der Waals surface area contributed by atoms with Crippen LogP contribution in [0.5, 0.6) is 0 Å². The quantitative estimate of drug-likeness (QED) is 0.653. The smallest absolute Gasteiger partial charge is 0.0430 e. The molecule has 1 nitrogen and oxygen atoms in total. The van der Waals surface area contributed by atoms with Crippen LogP contribution in [0.3, 0.4) is 0 Å². The highest BCUT2D eigenvalue weighted by Crippen LogP contribution is 2.18. The molecule has 0 saturated heterocycles. The predicted octanol–water partition coefficient (Wildman–Crippen LogP) is 2.71. The second-order valence-electron chi connectivity index (χ2n) is 3.17. The van der Waals surface area contributed by atoms with E-state index in [1.54, 1.807) is 0 Å². The first kappa shape index (κ1) is 8.64. The minimum atomic E-state index is 0.687. The summed E-state index contributed by atoms with van der Waals surface area (Å²) in [6, 6.07) is 8.46. The molecule has 0 bridgehead atoms. The number of hydrogen-bond acceptors (Lipinski definition) is 1. The van der Waals surface area contributed by atoms with Crippen molar-refractivity contribution in [3.63, 3.8) is 0 Å². The van der Waals surface area contributed by atoms with Gasteiger partial charge in [-0.1, -0.05) is 24.3 Å². The molecule has 0 fully saturated rings. The molecular weight excluding hydrogens is 182 g/mol. The number of nitrogens with zero attached hydrogens (tertiary/aromatic N) is 1. The van der Waals surface area contributed by atoms with Crippen LogP contribution in [0.1, 0.15) is 11.1 Å². The van der Waals surface area contributed by atoms with Crippen molar-refractivity contribution in [1.82, 2.24) is 4.90 Å². The third-order valence-electron chi connectivity index (χ3n) is 2.27. The topological polar surface area (TPSA) is 3.24 Å². The molecule has 1 aliphatic heterocycles. The van der Waals surface area contributed by atoms with E-state index in [0.717, 1.165) is 13.1 Å². The van der Waals surface area contributed by atoms with Gasteiger partial charge in [-0.15, -0.1) is 11.6 Å². The molecule has 2 rings (SSSR count). The first-order chi connectivity index (χ1) is 6.40. The van der Waals surface area contributed by atoms with Crippen molar-refractivity contribution in [3.8, 4) is 0 Å². The second kappa shape index (κ2) is 3.84. The maximum atomic E-state index is 5.69. The number of alkyl halides is 1. The summed E-state index contributed by atoms with van der Waals surface area (Å²) in [5.74, 6) is 0.687. The lowest BCUT2D eigenvalue weighted by atomic mass is 10.0. The van der Waals surface area contributed by atoms with Crippen LogP contribution in [0.15, 0.2) is 30.5 Å². The Hall–Kier alpha value is -0.950. The summed E-state index contributed by atoms with van der Waals surface area (Å²) in [6.45, 7) is 1.91. The van der Waals surface area contributed by atoms with E-state index < -0.39 is 0 Å². The fourth-order valence-electron chi connectivity index (χ4n) is 1.56. The highest BCUT2D eigenvalue weighted by atomic mass is 35.5. The van der Waals surface area contributed by atoms with Crippen LogP contribution in [0, 0.1) is 0 Å². The zero-order valence-corrected chi connectivity index (χ0v) is 8.17. The average molecular weight is 194 g/mol. The summed E-state index contributed by atoms with van der Waals surface area (Å²) in [6.07, 6.45) is 4.26. The summed E-state index contributed by atoms with van der Waals surface area (Å²) in [7, 11) is 0. The van der Waals surface area contributed by atoms with Gasteiger partial charge in [-0.3, -0.25) is 0 Å². The third kappa shape index (κ3) is 1.86. The van der Waals surface area contributed by atoms with Gasteiger partial charge in [0, 0.05) is 25.2 Å². The van der Waals surface area contributed by atoms with Crippen molar-refractivity contribution in [1.29, 1.82) is 0 Å². The maximum Gasteiger partial charge on any atom is 0.0430 e. The van der Waals surface area contributed by atoms with Crippen LogP contribution in [0.25, 0.3) is 6.08 Å². The van der Waals surface area contributed by atoms with E-state index in [2.05, 4.69) is 41.4 Å². The van der Waals surface area contributed by atoms with Crippen molar-refractivity contribution < 1.29 is 0 Å². The first-order valence-electron chi connectivity index (χ1n) is 4.46. The Morgan fingerprint density at radius 3 is 3.00 bits per heavy atom. The van der Waals surface area contributed by atoms with E-state index in [1.807, 2.05) is 0 Å². The number of halogens is 1. The minimum Gasteiger partial charge on any atom is -0.372 e. The standard InChI is InChI=1S/C11H12ClN/c12-6-8-13-7-5-10-3-1-2-4-11(10)9-13/h1-5,7H,6,8-9H2. The molecule has 1 aromatic carbocycles. The molecule has 1 aliphatic rings. The van der Waals surface area contributed by atoms with Gasteiger partial charge in [-0.2, -0.15) is 0 Å². The van der Waals surface area contributed by atoms with Crippen molar-refractivity contribution in [2.45, 2.75) is 6.54 Å². The van der Waals surface area contributed by atoms with Gasteiger partial charge in [0.15, 0.2) is 0 Å². The van der Waals surface area contributed by atoms with Crippen LogP contribution in [-0.2, 0) is 6.54 Å². The normalized spacial score (nSPS) is 14.4. The molecular formula is C11H12ClN. The Labute approximate surface area is 83.6 Å². The molecule has 0 N–H and O–H groups in total. The molecule has 0 saturated carbocycles. The van der Waals surface area contributed by atoms with E-state index in [1.165, 1.54) is 11.1 Å². The summed E-state index contributed by atoms with van der Waals surface area (Å²) >= 11 is 5.69. The SMILES string of the molecule is ClCCN1C=Cc2ccccc2C1. The Kier molecular flexibility index (Phi) is 2.55. The number of rotatable bonds is 2. The number of fused-ring (bicyclic) bond motifs is 1. The maximum absolute atomic E-state index is 5.69. The molecule has 0 atom stereocenters. The fraction of sp³-hybridized carbons (Fsp3) is 0.273. The molecule has 0 aliphatic carbocycles. The summed E-state index contributed by atoms with van der Waals surface area (Å²) in [4.78, 5) is 2.23. The van der Waals surface area contributed by atoms with Gasteiger partial charge < -0.3 is 4.90 Å². The van der Waals surface area contributed by atoms with E-state index in [4.69, 9.17) is 11.6 Å². The minimum absolute atomic E-state index is 0.687.